The highest BCUT2D eigenvalue weighted by Crippen LogP contribution is 2.25. The molecule has 1 atom stereocenters. The zero-order valence-corrected chi connectivity index (χ0v) is 17.4. The summed E-state index contributed by atoms with van der Waals surface area (Å²) in [6.45, 7) is 1.96. The molecule has 0 aliphatic rings. The second-order valence-corrected chi connectivity index (χ2v) is 6.66. The van der Waals surface area contributed by atoms with Crippen molar-refractivity contribution in [1.29, 1.82) is 10.8 Å². The van der Waals surface area contributed by atoms with Crippen LogP contribution in [0.2, 0.25) is 0 Å². The molecule has 0 radical (unpaired) electrons. The fourth-order valence-electron chi connectivity index (χ4n) is 3.02. The zero-order valence-electron chi connectivity index (χ0n) is 17.4. The van der Waals surface area contributed by atoms with Gasteiger partial charge in [-0.2, -0.15) is 0 Å². The van der Waals surface area contributed by atoms with Crippen LogP contribution in [-0.4, -0.2) is 41.5 Å². The number of benzene rings is 2. The van der Waals surface area contributed by atoms with Crippen molar-refractivity contribution in [2.75, 3.05) is 11.9 Å². The number of ether oxygens (including phenoxy) is 1. The first-order valence-corrected chi connectivity index (χ1v) is 9.88. The average molecular weight is 430 g/mol. The first-order chi connectivity index (χ1) is 15.5. The van der Waals surface area contributed by atoms with Crippen LogP contribution in [-0.2, 0) is 4.74 Å². The van der Waals surface area contributed by atoms with Crippen molar-refractivity contribution in [2.24, 2.45) is 0 Å². The van der Waals surface area contributed by atoms with E-state index in [0.717, 1.165) is 6.21 Å². The molecule has 0 bridgehead atoms. The van der Waals surface area contributed by atoms with Gasteiger partial charge in [-0.15, -0.1) is 0 Å². The van der Waals surface area contributed by atoms with Crippen LogP contribution >= 0.6 is 0 Å². The van der Waals surface area contributed by atoms with Crippen molar-refractivity contribution in [2.45, 2.75) is 13.0 Å². The Bertz CT molecular complexity index is 1150. The van der Waals surface area contributed by atoms with Crippen molar-refractivity contribution in [3.63, 3.8) is 0 Å². The number of aromatic nitrogens is 1. The van der Waals surface area contributed by atoms with Crippen molar-refractivity contribution in [3.8, 4) is 11.3 Å². The van der Waals surface area contributed by atoms with Crippen LogP contribution < -0.4 is 5.32 Å². The van der Waals surface area contributed by atoms with Crippen molar-refractivity contribution in [3.05, 3.63) is 84.1 Å². The maximum absolute atomic E-state index is 13.4. The van der Waals surface area contributed by atoms with Crippen LogP contribution in [0, 0.1) is 10.8 Å². The second-order valence-electron chi connectivity index (χ2n) is 6.66. The summed E-state index contributed by atoms with van der Waals surface area (Å²) in [4.78, 5) is 25.5. The van der Waals surface area contributed by atoms with Gasteiger partial charge >= 0.3 is 5.97 Å². The molecule has 0 saturated carbocycles. The van der Waals surface area contributed by atoms with Gasteiger partial charge < -0.3 is 25.4 Å². The Kier molecular flexibility index (Phi) is 7.42. The molecule has 0 aliphatic heterocycles. The summed E-state index contributed by atoms with van der Waals surface area (Å²) >= 11 is 0. The molecule has 3 N–H and O–H groups in total. The number of esters is 1. The van der Waals surface area contributed by atoms with Gasteiger partial charge in [-0.05, 0) is 37.3 Å². The molecular formula is C24H22N4O4. The lowest BCUT2D eigenvalue weighted by atomic mass is 9.97. The molecule has 1 unspecified atom stereocenters. The maximum atomic E-state index is 13.4. The first-order valence-electron chi connectivity index (χ1n) is 9.88. The van der Waals surface area contributed by atoms with E-state index in [2.05, 4.69) is 10.5 Å². The normalized spacial score (nSPS) is 11.7. The topological polar surface area (TPSA) is 129 Å². The van der Waals surface area contributed by atoms with Crippen molar-refractivity contribution >= 4 is 29.4 Å². The van der Waals surface area contributed by atoms with Gasteiger partial charge in [0.05, 0.1) is 29.6 Å². The smallest absolute Gasteiger partial charge is 0.338 e. The van der Waals surface area contributed by atoms with Crippen LogP contribution in [0.25, 0.3) is 11.3 Å². The number of ketones is 1. The number of hydrogen-bond donors (Lipinski definition) is 3. The number of allylic oxidation sites excluding steroid dienone is 1. The summed E-state index contributed by atoms with van der Waals surface area (Å²) in [6, 6.07) is 14.5. The number of nitrogens with one attached hydrogen (secondary N) is 3. The van der Waals surface area contributed by atoms with E-state index in [4.69, 9.17) is 20.1 Å². The summed E-state index contributed by atoms with van der Waals surface area (Å²) in [7, 11) is 0. The largest absolute Gasteiger partial charge is 0.462 e. The van der Waals surface area contributed by atoms with E-state index in [1.807, 2.05) is 18.2 Å². The summed E-state index contributed by atoms with van der Waals surface area (Å²) in [5.74, 6) is -0.624. The van der Waals surface area contributed by atoms with E-state index < -0.39 is 17.8 Å². The molecule has 1 aromatic heterocycles. The van der Waals surface area contributed by atoms with Gasteiger partial charge in [0, 0.05) is 17.5 Å². The minimum atomic E-state index is -1.11. The standard InChI is InChI=1S/C24H22N4O4/c1-2-31-24(30)17-10-6-11-18(14-17)28-21(20(26)12-7-13-25)22(29)19-15-27-32-23(19)16-8-4-3-5-9-16/h3-15,21,25-26,28H,2H2,1H3/b12-7-,25-13?,26-20?. The summed E-state index contributed by atoms with van der Waals surface area (Å²) in [5, 5.41) is 22.4. The fraction of sp³-hybridized carbons (Fsp3) is 0.125. The third-order valence-electron chi connectivity index (χ3n) is 4.50. The number of nitrogens with zero attached hydrogens (tertiary/aromatic N) is 1. The van der Waals surface area contributed by atoms with Gasteiger partial charge in [-0.3, -0.25) is 4.79 Å². The highest BCUT2D eigenvalue weighted by molar-refractivity contribution is 6.21. The fourth-order valence-corrected chi connectivity index (χ4v) is 3.02. The van der Waals surface area contributed by atoms with E-state index in [1.54, 1.807) is 43.3 Å². The Balaban J connectivity index is 1.95. The van der Waals surface area contributed by atoms with Gasteiger partial charge in [-0.1, -0.05) is 41.6 Å². The number of rotatable bonds is 10. The van der Waals surface area contributed by atoms with Gasteiger partial charge in [0.2, 0.25) is 0 Å². The minimum Gasteiger partial charge on any atom is -0.462 e. The lowest BCUT2D eigenvalue weighted by Gasteiger charge is -2.18. The number of Topliss-reactive ketones (excluding diaryl/α,β-unsaturated/α-hetero) is 1. The molecule has 162 valence electrons. The van der Waals surface area contributed by atoms with Crippen LogP contribution in [0.5, 0.6) is 0 Å². The van der Waals surface area contributed by atoms with Crippen LogP contribution in [0.15, 0.2) is 77.5 Å². The number of hydrogen-bond acceptors (Lipinski definition) is 8. The Morgan fingerprint density at radius 3 is 2.69 bits per heavy atom. The zero-order chi connectivity index (χ0) is 22.9. The molecule has 0 spiro atoms. The Morgan fingerprint density at radius 1 is 1.19 bits per heavy atom. The van der Waals surface area contributed by atoms with Gasteiger partial charge in [-0.25, -0.2) is 4.79 Å². The maximum Gasteiger partial charge on any atom is 0.338 e. The summed E-state index contributed by atoms with van der Waals surface area (Å²) < 4.78 is 10.4. The molecule has 0 amide bonds. The molecule has 2 aromatic carbocycles. The van der Waals surface area contributed by atoms with Crippen LogP contribution in [0.3, 0.4) is 0 Å². The van der Waals surface area contributed by atoms with Gasteiger partial charge in [0.25, 0.3) is 0 Å². The number of carbonyl (C=O) groups excluding carboxylic acids is 2. The van der Waals surface area contributed by atoms with Crippen molar-refractivity contribution < 1.29 is 18.8 Å². The summed E-state index contributed by atoms with van der Waals surface area (Å²) in [6.07, 6.45) is 5.05. The average Bonchev–Trinajstić information content (AvgIpc) is 3.31. The molecule has 32 heavy (non-hydrogen) atoms. The Hall–Kier alpha value is -4.33. The molecule has 3 rings (SSSR count). The highest BCUT2D eigenvalue weighted by atomic mass is 16.5. The molecule has 0 fully saturated rings. The van der Waals surface area contributed by atoms with Crippen LogP contribution in [0.1, 0.15) is 27.6 Å². The van der Waals surface area contributed by atoms with E-state index >= 15 is 0 Å². The van der Waals surface area contributed by atoms with Crippen LogP contribution in [0.4, 0.5) is 5.69 Å². The van der Waals surface area contributed by atoms with E-state index in [0.29, 0.717) is 22.6 Å². The lowest BCUT2D eigenvalue weighted by molar-refractivity contribution is 0.0526. The first kappa shape index (κ1) is 22.4. The second kappa shape index (κ2) is 10.6. The molecule has 3 aromatic rings. The lowest BCUT2D eigenvalue weighted by Crippen LogP contribution is -2.36. The third kappa shape index (κ3) is 5.23. The molecule has 8 nitrogen and oxygen atoms in total. The molecular weight excluding hydrogens is 408 g/mol. The third-order valence-corrected chi connectivity index (χ3v) is 4.50. The monoisotopic (exact) mass is 430 g/mol. The van der Waals surface area contributed by atoms with Gasteiger partial charge in [0.1, 0.15) is 6.04 Å². The van der Waals surface area contributed by atoms with E-state index in [9.17, 15) is 9.59 Å². The highest BCUT2D eigenvalue weighted by Gasteiger charge is 2.28. The predicted molar refractivity (Wildman–Crippen MR) is 122 cm³/mol. The molecule has 0 aliphatic carbocycles. The summed E-state index contributed by atoms with van der Waals surface area (Å²) in [5.41, 5.74) is 1.60. The SMILES string of the molecule is CCOC(=O)c1cccc(NC(C(=N)/C=C\C=N)C(=O)c2cnoc2-c2ccccc2)c1. The molecule has 1 heterocycles. The molecule has 8 heteroatoms. The molecule has 0 saturated heterocycles. The van der Waals surface area contributed by atoms with Crippen molar-refractivity contribution in [1.82, 2.24) is 5.16 Å². The Morgan fingerprint density at radius 2 is 1.97 bits per heavy atom. The van der Waals surface area contributed by atoms with E-state index in [1.165, 1.54) is 18.3 Å². The van der Waals surface area contributed by atoms with E-state index in [-0.39, 0.29) is 17.9 Å². The Labute approximate surface area is 184 Å². The number of carbonyl (C=O) groups is 2. The van der Waals surface area contributed by atoms with Gasteiger partial charge in [0.15, 0.2) is 11.5 Å². The quantitative estimate of drug-likeness (QED) is 0.248. The minimum absolute atomic E-state index is 0.0692. The number of anilines is 1. The predicted octanol–water partition coefficient (Wildman–Crippen LogP) is 4.41.